The van der Waals surface area contributed by atoms with Gasteiger partial charge in [-0.05, 0) is 32.4 Å². The van der Waals surface area contributed by atoms with Crippen molar-refractivity contribution in [1.82, 2.24) is 0 Å². The minimum absolute atomic E-state index is 0.0741. The van der Waals surface area contributed by atoms with E-state index in [0.717, 1.165) is 5.56 Å². The molecule has 3 nitrogen and oxygen atoms in total. The number of rotatable bonds is 1. The average molecular weight is 251 g/mol. The normalized spacial score (nSPS) is 10.8. The van der Waals surface area contributed by atoms with E-state index in [0.29, 0.717) is 16.4 Å². The monoisotopic (exact) mass is 250 g/mol. The van der Waals surface area contributed by atoms with Gasteiger partial charge in [0.1, 0.15) is 16.9 Å². The molecule has 0 saturated carbocycles. The van der Waals surface area contributed by atoms with E-state index < -0.39 is 0 Å². The smallest absolute Gasteiger partial charge is 0.205 e. The van der Waals surface area contributed by atoms with Crippen molar-refractivity contribution >= 4 is 28.4 Å². The zero-order valence-corrected chi connectivity index (χ0v) is 10.5. The molecule has 1 heterocycles. The van der Waals surface area contributed by atoms with Gasteiger partial charge in [0.05, 0.1) is 10.4 Å². The molecule has 88 valence electrons. The molecular weight excluding hydrogens is 240 g/mol. The molecule has 2 aromatic rings. The molecule has 1 aromatic heterocycles. The molecule has 0 atom stereocenters. The molecule has 0 saturated heterocycles. The van der Waals surface area contributed by atoms with E-state index in [1.165, 1.54) is 6.92 Å². The van der Waals surface area contributed by atoms with Crippen molar-refractivity contribution in [3.05, 3.63) is 44.3 Å². The number of fused-ring (bicyclic) bond motifs is 1. The molecule has 0 fully saturated rings. The Hall–Kier alpha value is -1.61. The van der Waals surface area contributed by atoms with Crippen molar-refractivity contribution in [1.29, 1.82) is 0 Å². The van der Waals surface area contributed by atoms with Gasteiger partial charge in [-0.3, -0.25) is 9.59 Å². The second-order valence-corrected chi connectivity index (χ2v) is 4.37. The van der Waals surface area contributed by atoms with E-state index in [9.17, 15) is 9.59 Å². The Morgan fingerprint density at radius 2 is 1.94 bits per heavy atom. The predicted molar refractivity (Wildman–Crippen MR) is 67.0 cm³/mol. The molecule has 0 radical (unpaired) electrons. The van der Waals surface area contributed by atoms with Crippen LogP contribution in [0.15, 0.2) is 21.3 Å². The van der Waals surface area contributed by atoms with E-state index in [1.807, 2.05) is 0 Å². The Morgan fingerprint density at radius 3 is 2.53 bits per heavy atom. The van der Waals surface area contributed by atoms with Crippen molar-refractivity contribution in [2.45, 2.75) is 20.8 Å². The van der Waals surface area contributed by atoms with Crippen LogP contribution in [0.25, 0.3) is 11.0 Å². The quantitative estimate of drug-likeness (QED) is 0.730. The molecule has 0 N–H and O–H groups in total. The summed E-state index contributed by atoms with van der Waals surface area (Å²) in [4.78, 5) is 23.6. The van der Waals surface area contributed by atoms with Crippen LogP contribution in [0.1, 0.15) is 28.6 Å². The second kappa shape index (κ2) is 4.00. The number of Topliss-reactive ketones (excluding diaryl/α,β-unsaturated/α-hetero) is 1. The summed E-state index contributed by atoms with van der Waals surface area (Å²) >= 11 is 6.09. The molecule has 0 aliphatic rings. The van der Waals surface area contributed by atoms with E-state index in [-0.39, 0.29) is 22.2 Å². The molecule has 0 bridgehead atoms. The van der Waals surface area contributed by atoms with E-state index >= 15 is 0 Å². The first kappa shape index (κ1) is 11.9. The number of halogens is 1. The maximum absolute atomic E-state index is 12.2. The maximum Gasteiger partial charge on any atom is 0.205 e. The molecule has 0 aliphatic heterocycles. The molecule has 2 rings (SSSR count). The van der Waals surface area contributed by atoms with Crippen LogP contribution in [0.4, 0.5) is 0 Å². The molecule has 4 heteroatoms. The zero-order valence-electron chi connectivity index (χ0n) is 9.76. The topological polar surface area (TPSA) is 47.3 Å². The Morgan fingerprint density at radius 1 is 1.29 bits per heavy atom. The van der Waals surface area contributed by atoms with Gasteiger partial charge in [0, 0.05) is 0 Å². The number of ketones is 1. The summed E-state index contributed by atoms with van der Waals surface area (Å²) < 4.78 is 5.47. The minimum atomic E-state index is -0.357. The summed E-state index contributed by atoms with van der Waals surface area (Å²) in [6, 6.07) is 3.47. The first-order chi connectivity index (χ1) is 7.93. The van der Waals surface area contributed by atoms with Crippen LogP contribution in [0.5, 0.6) is 0 Å². The van der Waals surface area contributed by atoms with Gasteiger partial charge in [0.15, 0.2) is 5.78 Å². The first-order valence-electron chi connectivity index (χ1n) is 5.17. The summed E-state index contributed by atoms with van der Waals surface area (Å²) in [7, 11) is 0. The number of hydrogen-bond acceptors (Lipinski definition) is 3. The highest BCUT2D eigenvalue weighted by atomic mass is 35.5. The van der Waals surface area contributed by atoms with Crippen LogP contribution in [0.2, 0.25) is 5.02 Å². The molecule has 0 unspecified atom stereocenters. The zero-order chi connectivity index (χ0) is 12.7. The van der Waals surface area contributed by atoms with Crippen LogP contribution >= 0.6 is 11.6 Å². The highest BCUT2D eigenvalue weighted by Gasteiger charge is 2.17. The highest BCUT2D eigenvalue weighted by molar-refractivity contribution is 6.36. The van der Waals surface area contributed by atoms with Crippen molar-refractivity contribution in [2.75, 3.05) is 0 Å². The molecule has 17 heavy (non-hydrogen) atoms. The summed E-state index contributed by atoms with van der Waals surface area (Å²) in [6.07, 6.45) is 0. The van der Waals surface area contributed by atoms with Gasteiger partial charge in [-0.1, -0.05) is 17.7 Å². The standard InChI is InChI=1S/C13H11ClO3/c1-6-4-5-9-11(12(6)14)13(16)10(7(2)15)8(3)17-9/h4-5H,1-3H3. The van der Waals surface area contributed by atoms with E-state index in [1.54, 1.807) is 26.0 Å². The third-order valence-corrected chi connectivity index (χ3v) is 3.21. The predicted octanol–water partition coefficient (Wildman–Crippen LogP) is 3.27. The average Bonchev–Trinajstić information content (AvgIpc) is 2.22. The molecule has 0 amide bonds. The van der Waals surface area contributed by atoms with Gasteiger partial charge >= 0.3 is 0 Å². The second-order valence-electron chi connectivity index (χ2n) is 3.99. The van der Waals surface area contributed by atoms with Crippen molar-refractivity contribution < 1.29 is 9.21 Å². The number of benzene rings is 1. The van der Waals surface area contributed by atoms with Gasteiger partial charge in [0.25, 0.3) is 0 Å². The van der Waals surface area contributed by atoms with Crippen LogP contribution in [0.3, 0.4) is 0 Å². The van der Waals surface area contributed by atoms with Gasteiger partial charge in [-0.15, -0.1) is 0 Å². The fourth-order valence-electron chi connectivity index (χ4n) is 1.87. The lowest BCUT2D eigenvalue weighted by molar-refractivity contribution is 0.101. The Labute approximate surface area is 103 Å². The third kappa shape index (κ3) is 1.76. The summed E-state index contributed by atoms with van der Waals surface area (Å²) in [5, 5.41) is 0.626. The van der Waals surface area contributed by atoms with Gasteiger partial charge < -0.3 is 4.42 Å². The van der Waals surface area contributed by atoms with Crippen LogP contribution in [-0.2, 0) is 0 Å². The van der Waals surface area contributed by atoms with E-state index in [4.69, 9.17) is 16.0 Å². The molecule has 1 aromatic carbocycles. The molecular formula is C13H11ClO3. The van der Waals surface area contributed by atoms with Crippen molar-refractivity contribution in [3.8, 4) is 0 Å². The summed E-state index contributed by atoms with van der Waals surface area (Å²) in [6.45, 7) is 4.74. The lowest BCUT2D eigenvalue weighted by atomic mass is 10.1. The number of carbonyl (C=O) groups is 1. The Kier molecular flexibility index (Phi) is 2.79. The fourth-order valence-corrected chi connectivity index (χ4v) is 2.11. The van der Waals surface area contributed by atoms with Gasteiger partial charge in [0.2, 0.25) is 5.43 Å². The van der Waals surface area contributed by atoms with Crippen molar-refractivity contribution in [2.24, 2.45) is 0 Å². The fraction of sp³-hybridized carbons (Fsp3) is 0.231. The number of hydrogen-bond donors (Lipinski definition) is 0. The molecule has 0 spiro atoms. The number of aryl methyl sites for hydroxylation is 2. The maximum atomic E-state index is 12.2. The first-order valence-corrected chi connectivity index (χ1v) is 5.54. The molecule has 0 aliphatic carbocycles. The van der Waals surface area contributed by atoms with Crippen molar-refractivity contribution in [3.63, 3.8) is 0 Å². The van der Waals surface area contributed by atoms with Crippen LogP contribution in [0, 0.1) is 13.8 Å². The summed E-state index contributed by atoms with van der Waals surface area (Å²) in [5.41, 5.74) is 0.910. The Bertz CT molecular complexity index is 683. The van der Waals surface area contributed by atoms with Crippen LogP contribution in [-0.4, -0.2) is 5.78 Å². The van der Waals surface area contributed by atoms with Gasteiger partial charge in [-0.2, -0.15) is 0 Å². The largest absolute Gasteiger partial charge is 0.460 e. The van der Waals surface area contributed by atoms with E-state index in [2.05, 4.69) is 0 Å². The third-order valence-electron chi connectivity index (χ3n) is 2.72. The number of carbonyl (C=O) groups excluding carboxylic acids is 1. The van der Waals surface area contributed by atoms with Crippen LogP contribution < -0.4 is 5.43 Å². The Balaban J connectivity index is 3.05. The minimum Gasteiger partial charge on any atom is -0.460 e. The lowest BCUT2D eigenvalue weighted by Gasteiger charge is -2.06. The summed E-state index contributed by atoms with van der Waals surface area (Å²) in [5.74, 6) is 0.0191. The SMILES string of the molecule is CC(=O)c1c(C)oc2ccc(C)c(Cl)c2c1=O. The lowest BCUT2D eigenvalue weighted by Crippen LogP contribution is -2.15. The highest BCUT2D eigenvalue weighted by Crippen LogP contribution is 2.26. The van der Waals surface area contributed by atoms with Gasteiger partial charge in [-0.25, -0.2) is 0 Å².